The van der Waals surface area contributed by atoms with Gasteiger partial charge in [-0.3, -0.25) is 9.59 Å². The van der Waals surface area contributed by atoms with Crippen molar-refractivity contribution < 1.29 is 14.3 Å². The number of pyridine rings is 1. The van der Waals surface area contributed by atoms with E-state index in [0.29, 0.717) is 31.9 Å². The van der Waals surface area contributed by atoms with Crippen LogP contribution in [0.4, 0.5) is 11.8 Å². The first kappa shape index (κ1) is 22.8. The fraction of sp³-hybridized carbons (Fsp3) is 0.217. The van der Waals surface area contributed by atoms with Crippen LogP contribution < -0.4 is 22.5 Å². The second kappa shape index (κ2) is 9.63. The van der Waals surface area contributed by atoms with Crippen molar-refractivity contribution in [2.24, 2.45) is 16.5 Å². The maximum Gasteiger partial charge on any atom is 0.281 e. The fourth-order valence-electron chi connectivity index (χ4n) is 3.85. The molecule has 0 saturated carbocycles. The zero-order valence-electron chi connectivity index (χ0n) is 18.3. The van der Waals surface area contributed by atoms with Gasteiger partial charge in [-0.25, -0.2) is 15.0 Å². The Morgan fingerprint density at radius 1 is 0.912 bits per heavy atom. The van der Waals surface area contributed by atoms with Gasteiger partial charge in [0, 0.05) is 37.4 Å². The summed E-state index contributed by atoms with van der Waals surface area (Å²) in [6, 6.07) is 10.7. The molecule has 1 aliphatic rings. The number of carbonyl (C=O) groups is 2. The second-order valence-corrected chi connectivity index (χ2v) is 7.83. The van der Waals surface area contributed by atoms with Gasteiger partial charge in [-0.1, -0.05) is 24.3 Å². The second-order valence-electron chi connectivity index (χ2n) is 7.83. The summed E-state index contributed by atoms with van der Waals surface area (Å²) in [5.74, 6) is -0.625. The number of nitrogens with zero attached hydrogens (tertiary/aromatic N) is 4. The van der Waals surface area contributed by atoms with Crippen LogP contribution in [0.2, 0.25) is 0 Å². The number of nitrogens with one attached hydrogen (secondary N) is 1. The van der Waals surface area contributed by atoms with E-state index in [2.05, 4.69) is 25.3 Å². The number of aromatic nitrogens is 3. The first-order valence-electron chi connectivity index (χ1n) is 10.5. The summed E-state index contributed by atoms with van der Waals surface area (Å²) in [7, 11) is 0. The molecule has 2 amide bonds. The topological polar surface area (TPSA) is 184 Å². The van der Waals surface area contributed by atoms with Gasteiger partial charge in [0.2, 0.25) is 11.9 Å². The lowest BCUT2D eigenvalue weighted by Crippen LogP contribution is -2.45. The van der Waals surface area contributed by atoms with Crippen LogP contribution in [0.15, 0.2) is 60.0 Å². The summed E-state index contributed by atoms with van der Waals surface area (Å²) in [5.41, 5.74) is 18.1. The quantitative estimate of drug-likeness (QED) is 0.321. The number of nitrogens with two attached hydrogens (primary N) is 3. The van der Waals surface area contributed by atoms with Gasteiger partial charge in [0.1, 0.15) is 5.82 Å². The van der Waals surface area contributed by atoms with Crippen LogP contribution >= 0.6 is 0 Å². The normalized spacial score (nSPS) is 14.7. The molecular weight excluding hydrogens is 436 g/mol. The van der Waals surface area contributed by atoms with Crippen molar-refractivity contribution in [3.63, 3.8) is 0 Å². The van der Waals surface area contributed by atoms with Crippen molar-refractivity contribution in [3.05, 3.63) is 66.1 Å². The third-order valence-electron chi connectivity index (χ3n) is 5.71. The van der Waals surface area contributed by atoms with Crippen LogP contribution in [0.3, 0.4) is 0 Å². The van der Waals surface area contributed by atoms with Gasteiger partial charge in [0.15, 0.2) is 5.96 Å². The number of benzene rings is 1. The molecule has 0 bridgehead atoms. The fourth-order valence-corrected chi connectivity index (χ4v) is 3.85. The Labute approximate surface area is 195 Å². The molecule has 4 rings (SSSR count). The molecular formula is C23H24N8O3. The van der Waals surface area contributed by atoms with E-state index in [1.807, 2.05) is 24.3 Å². The van der Waals surface area contributed by atoms with Gasteiger partial charge in [-0.05, 0) is 36.1 Å². The van der Waals surface area contributed by atoms with Gasteiger partial charge in [-0.2, -0.15) is 4.99 Å². The minimum absolute atomic E-state index is 0.199. The Hall–Kier alpha value is -4.38. The van der Waals surface area contributed by atoms with E-state index in [-0.39, 0.29) is 23.4 Å². The van der Waals surface area contributed by atoms with Crippen LogP contribution in [0.1, 0.15) is 28.8 Å². The molecule has 3 heterocycles. The van der Waals surface area contributed by atoms with Gasteiger partial charge < -0.3 is 27.3 Å². The summed E-state index contributed by atoms with van der Waals surface area (Å²) in [4.78, 5) is 41.1. The summed E-state index contributed by atoms with van der Waals surface area (Å²) < 4.78 is 5.53. The van der Waals surface area contributed by atoms with Gasteiger partial charge in [0.25, 0.3) is 5.91 Å². The molecule has 11 heteroatoms. The first-order chi connectivity index (χ1) is 16.4. The number of ether oxygens (including phenoxy) is 1. The minimum atomic E-state index is -0.789. The maximum atomic E-state index is 13.5. The average molecular weight is 460 g/mol. The molecule has 3 aromatic rings. The number of guanidine groups is 1. The third-order valence-corrected chi connectivity index (χ3v) is 5.71. The van der Waals surface area contributed by atoms with E-state index in [1.165, 1.54) is 18.3 Å². The van der Waals surface area contributed by atoms with E-state index >= 15 is 0 Å². The standard InChI is InChI=1S/C23H24N8O3/c24-21(25)31-19(32)15-3-6-18(27-11-15)30-20(33)23(7-9-34-10-8-23)17-4-1-14(2-5-17)16-12-28-22(26)29-13-16/h1-6,11-13H,7-10H2,(H2,26,28,29)(H,27,30,33)(H4,24,25,31,32). The molecule has 1 aromatic carbocycles. The lowest BCUT2D eigenvalue weighted by Gasteiger charge is -2.36. The van der Waals surface area contributed by atoms with Crippen molar-refractivity contribution in [2.45, 2.75) is 18.3 Å². The molecule has 34 heavy (non-hydrogen) atoms. The molecule has 7 N–H and O–H groups in total. The van der Waals surface area contributed by atoms with Gasteiger partial charge >= 0.3 is 0 Å². The number of carbonyl (C=O) groups excluding carboxylic acids is 2. The average Bonchev–Trinajstić information content (AvgIpc) is 2.85. The monoisotopic (exact) mass is 460 g/mol. The molecule has 1 aliphatic heterocycles. The van der Waals surface area contributed by atoms with Crippen LogP contribution in [0.5, 0.6) is 0 Å². The van der Waals surface area contributed by atoms with Crippen LogP contribution in [-0.2, 0) is 14.9 Å². The number of aliphatic imine (C=N–C) groups is 1. The lowest BCUT2D eigenvalue weighted by molar-refractivity contribution is -0.125. The summed E-state index contributed by atoms with van der Waals surface area (Å²) in [6.07, 6.45) is 5.65. The molecule has 1 fully saturated rings. The Morgan fingerprint density at radius 2 is 1.59 bits per heavy atom. The van der Waals surface area contributed by atoms with Crippen LogP contribution in [0.25, 0.3) is 11.1 Å². The van der Waals surface area contributed by atoms with E-state index in [9.17, 15) is 9.59 Å². The highest BCUT2D eigenvalue weighted by Gasteiger charge is 2.42. The SMILES string of the molecule is NC(N)=NC(=O)c1ccc(NC(=O)C2(c3ccc(-c4cnc(N)nc4)cc3)CCOCC2)nc1. The Bertz CT molecular complexity index is 1200. The van der Waals surface area contributed by atoms with Crippen LogP contribution in [0, 0.1) is 0 Å². The predicted molar refractivity (Wildman–Crippen MR) is 127 cm³/mol. The summed E-state index contributed by atoms with van der Waals surface area (Å²) >= 11 is 0. The smallest absolute Gasteiger partial charge is 0.281 e. The van der Waals surface area contributed by atoms with Crippen molar-refractivity contribution in [1.29, 1.82) is 0 Å². The Balaban J connectivity index is 1.56. The van der Waals surface area contributed by atoms with E-state index in [1.54, 1.807) is 12.4 Å². The van der Waals surface area contributed by atoms with E-state index < -0.39 is 11.3 Å². The number of rotatable bonds is 5. The number of anilines is 2. The highest BCUT2D eigenvalue weighted by Crippen LogP contribution is 2.37. The highest BCUT2D eigenvalue weighted by atomic mass is 16.5. The number of hydrogen-bond donors (Lipinski definition) is 4. The zero-order valence-corrected chi connectivity index (χ0v) is 18.3. The molecule has 0 aliphatic carbocycles. The van der Waals surface area contributed by atoms with Crippen molar-refractivity contribution in [3.8, 4) is 11.1 Å². The molecule has 2 aromatic heterocycles. The molecule has 11 nitrogen and oxygen atoms in total. The molecule has 174 valence electrons. The van der Waals surface area contributed by atoms with Gasteiger partial charge in [0.05, 0.1) is 11.0 Å². The Kier molecular flexibility index (Phi) is 6.46. The Morgan fingerprint density at radius 3 is 2.18 bits per heavy atom. The van der Waals surface area contributed by atoms with Crippen molar-refractivity contribution in [1.82, 2.24) is 15.0 Å². The number of nitrogen functional groups attached to an aromatic ring is 1. The first-order valence-corrected chi connectivity index (χ1v) is 10.5. The molecule has 0 atom stereocenters. The molecule has 0 radical (unpaired) electrons. The number of amides is 2. The third kappa shape index (κ3) is 4.84. The minimum Gasteiger partial charge on any atom is -0.381 e. The largest absolute Gasteiger partial charge is 0.381 e. The summed E-state index contributed by atoms with van der Waals surface area (Å²) in [6.45, 7) is 0.917. The maximum absolute atomic E-state index is 13.5. The van der Waals surface area contributed by atoms with Crippen molar-refractivity contribution in [2.75, 3.05) is 24.3 Å². The molecule has 1 saturated heterocycles. The van der Waals surface area contributed by atoms with E-state index in [4.69, 9.17) is 21.9 Å². The number of hydrogen-bond acceptors (Lipinski definition) is 7. The highest BCUT2D eigenvalue weighted by molar-refractivity contribution is 6.02. The summed E-state index contributed by atoms with van der Waals surface area (Å²) in [5, 5.41) is 2.87. The molecule has 0 spiro atoms. The lowest BCUT2D eigenvalue weighted by atomic mass is 9.73. The molecule has 0 unspecified atom stereocenters. The van der Waals surface area contributed by atoms with Gasteiger partial charge in [-0.15, -0.1) is 0 Å². The van der Waals surface area contributed by atoms with Crippen molar-refractivity contribution >= 4 is 29.5 Å². The zero-order chi connectivity index (χ0) is 24.1. The van der Waals surface area contributed by atoms with Crippen LogP contribution in [-0.4, -0.2) is 45.9 Å². The van der Waals surface area contributed by atoms with E-state index in [0.717, 1.165) is 16.7 Å². The predicted octanol–water partition coefficient (Wildman–Crippen LogP) is 1.22.